The van der Waals surface area contributed by atoms with Gasteiger partial charge in [-0.1, -0.05) is 159 Å². The van der Waals surface area contributed by atoms with Crippen LogP contribution in [0.3, 0.4) is 0 Å². The van der Waals surface area contributed by atoms with E-state index in [1.807, 2.05) is 18.2 Å². The Bertz CT molecular complexity index is 3280. The Balaban J connectivity index is 1.08. The summed E-state index contributed by atoms with van der Waals surface area (Å²) < 4.78 is 13.9. The molecule has 10 aromatic rings. The fourth-order valence-corrected chi connectivity index (χ4v) is 9.69. The number of aromatic nitrogens is 3. The highest BCUT2D eigenvalue weighted by atomic mass is 16.5. The van der Waals surface area contributed by atoms with Crippen molar-refractivity contribution in [1.82, 2.24) is 15.0 Å². The number of rotatable bonds is 4. The van der Waals surface area contributed by atoms with Gasteiger partial charge < -0.3 is 9.15 Å². The van der Waals surface area contributed by atoms with E-state index in [1.54, 1.807) is 0 Å². The van der Waals surface area contributed by atoms with Gasteiger partial charge >= 0.3 is 0 Å². The molecule has 0 saturated heterocycles. The first kappa shape index (κ1) is 32.2. The van der Waals surface area contributed by atoms with Crippen molar-refractivity contribution in [3.8, 4) is 28.5 Å². The van der Waals surface area contributed by atoms with Crippen LogP contribution < -0.4 is 4.74 Å². The molecule has 12 rings (SSSR count). The van der Waals surface area contributed by atoms with E-state index in [0.29, 0.717) is 11.6 Å². The van der Waals surface area contributed by atoms with Gasteiger partial charge in [-0.3, -0.25) is 0 Å². The van der Waals surface area contributed by atoms with Gasteiger partial charge in [-0.15, -0.1) is 0 Å². The lowest BCUT2D eigenvalue weighted by molar-refractivity contribution is 0.225. The Hall–Kier alpha value is -7.11. The zero-order valence-electron chi connectivity index (χ0n) is 31.1. The number of nitrogens with zero attached hydrogens (tertiary/aromatic N) is 3. The molecule has 1 aliphatic heterocycles. The van der Waals surface area contributed by atoms with Crippen molar-refractivity contribution in [3.63, 3.8) is 0 Å². The Morgan fingerprint density at radius 1 is 0.474 bits per heavy atom. The Kier molecular flexibility index (Phi) is 7.03. The van der Waals surface area contributed by atoms with Gasteiger partial charge in [-0.2, -0.15) is 0 Å². The highest BCUT2D eigenvalue weighted by molar-refractivity contribution is 6.17. The smallest absolute Gasteiger partial charge is 0.164 e. The standard InChI is InChI=1S/C52H35N3O2/c1-30-28-42(39-24-13-23-38-40-27-26-31-14-5-8-19-35(31)47(40)57-48(38)39)49-46(41-22-11-12-25-44(41)56-49)45(30)52-54-50(32-15-3-2-4-16-32)53-51(55-52)43-29-33-17-6-7-18-34(33)36-20-9-10-21-37(36)43/h2-30,45-46,49H,1H3. The van der Waals surface area contributed by atoms with Crippen molar-refractivity contribution >= 4 is 59.8 Å². The van der Waals surface area contributed by atoms with Crippen LogP contribution in [0.1, 0.15) is 35.7 Å². The van der Waals surface area contributed by atoms with Crippen LogP contribution >= 0.6 is 0 Å². The lowest BCUT2D eigenvalue weighted by Crippen LogP contribution is -2.34. The van der Waals surface area contributed by atoms with Crippen LogP contribution in [0.4, 0.5) is 0 Å². The van der Waals surface area contributed by atoms with Crippen molar-refractivity contribution in [1.29, 1.82) is 0 Å². The van der Waals surface area contributed by atoms with Crippen LogP contribution in [0.2, 0.25) is 0 Å². The number of hydrogen-bond acceptors (Lipinski definition) is 5. The lowest BCUT2D eigenvalue weighted by atomic mass is 9.68. The number of benzene rings is 8. The molecule has 0 fully saturated rings. The molecule has 0 N–H and O–H groups in total. The first-order valence-corrected chi connectivity index (χ1v) is 19.7. The monoisotopic (exact) mass is 733 g/mol. The highest BCUT2D eigenvalue weighted by Crippen LogP contribution is 2.56. The molecule has 0 saturated carbocycles. The van der Waals surface area contributed by atoms with Gasteiger partial charge in [0.05, 0.1) is 0 Å². The van der Waals surface area contributed by atoms with Crippen molar-refractivity contribution in [3.05, 3.63) is 187 Å². The summed E-state index contributed by atoms with van der Waals surface area (Å²) in [5, 5.41) is 9.16. The van der Waals surface area contributed by atoms with Crippen LogP contribution in [0, 0.1) is 5.92 Å². The second-order valence-electron chi connectivity index (χ2n) is 15.5. The normalized spacial score (nSPS) is 18.9. The average Bonchev–Trinajstić information content (AvgIpc) is 3.85. The topological polar surface area (TPSA) is 61.0 Å². The number of ether oxygens (including phenoxy) is 1. The van der Waals surface area contributed by atoms with Gasteiger partial charge in [0.1, 0.15) is 28.8 Å². The SMILES string of the molecule is CC1C=C(c2cccc3c2oc2c4ccccc4ccc32)C2Oc3ccccc3C2C1c1nc(-c2ccccc2)nc(-c2cc3ccccc3c3ccccc23)n1. The van der Waals surface area contributed by atoms with E-state index in [4.69, 9.17) is 24.1 Å². The van der Waals surface area contributed by atoms with Gasteiger partial charge in [0.2, 0.25) is 0 Å². The predicted octanol–water partition coefficient (Wildman–Crippen LogP) is 12.9. The zero-order valence-corrected chi connectivity index (χ0v) is 31.1. The first-order valence-electron chi connectivity index (χ1n) is 19.7. The molecular weight excluding hydrogens is 699 g/mol. The molecule has 5 heteroatoms. The van der Waals surface area contributed by atoms with E-state index in [2.05, 4.69) is 159 Å². The maximum Gasteiger partial charge on any atom is 0.164 e. The summed E-state index contributed by atoms with van der Waals surface area (Å²) in [6, 6.07) is 57.4. The predicted molar refractivity (Wildman–Crippen MR) is 230 cm³/mol. The van der Waals surface area contributed by atoms with Crippen molar-refractivity contribution in [2.75, 3.05) is 0 Å². The molecule has 5 nitrogen and oxygen atoms in total. The van der Waals surface area contributed by atoms with Crippen molar-refractivity contribution in [2.24, 2.45) is 5.92 Å². The van der Waals surface area contributed by atoms with Crippen LogP contribution in [0.25, 0.3) is 82.6 Å². The number of hydrogen-bond donors (Lipinski definition) is 0. The molecule has 2 aromatic heterocycles. The maximum atomic E-state index is 7.03. The number of allylic oxidation sites excluding steroid dienone is 1. The molecule has 0 spiro atoms. The van der Waals surface area contributed by atoms with E-state index < -0.39 is 0 Å². The summed E-state index contributed by atoms with van der Waals surface area (Å²) >= 11 is 0. The first-order chi connectivity index (χ1) is 28.2. The molecule has 0 bridgehead atoms. The van der Waals surface area contributed by atoms with Gasteiger partial charge in [-0.25, -0.2) is 15.0 Å². The highest BCUT2D eigenvalue weighted by Gasteiger charge is 2.49. The summed E-state index contributed by atoms with van der Waals surface area (Å²) in [6.07, 6.45) is 2.11. The third-order valence-electron chi connectivity index (χ3n) is 12.3. The van der Waals surface area contributed by atoms with Crippen LogP contribution in [0.5, 0.6) is 5.75 Å². The fraction of sp³-hybridized carbons (Fsp3) is 0.0962. The maximum absolute atomic E-state index is 7.03. The second-order valence-corrected chi connectivity index (χ2v) is 15.5. The summed E-state index contributed by atoms with van der Waals surface area (Å²) in [5.41, 5.74) is 7.11. The molecule has 4 atom stereocenters. The van der Waals surface area contributed by atoms with Crippen molar-refractivity contribution in [2.45, 2.75) is 24.9 Å². The minimum atomic E-state index is -0.277. The molecule has 4 unspecified atom stereocenters. The molecule has 270 valence electrons. The van der Waals surface area contributed by atoms with Crippen molar-refractivity contribution < 1.29 is 9.15 Å². The van der Waals surface area contributed by atoms with E-state index in [1.165, 1.54) is 16.3 Å². The summed E-state index contributed by atoms with van der Waals surface area (Å²) in [4.78, 5) is 16.1. The van der Waals surface area contributed by atoms with Gasteiger partial charge in [0.25, 0.3) is 0 Å². The summed E-state index contributed by atoms with van der Waals surface area (Å²) in [5.74, 6) is 2.90. The lowest BCUT2D eigenvalue weighted by Gasteiger charge is -2.36. The minimum Gasteiger partial charge on any atom is -0.485 e. The molecule has 57 heavy (non-hydrogen) atoms. The molecule has 3 heterocycles. The molecule has 0 amide bonds. The van der Waals surface area contributed by atoms with E-state index in [9.17, 15) is 0 Å². The van der Waals surface area contributed by atoms with Crippen LogP contribution in [-0.4, -0.2) is 21.1 Å². The third kappa shape index (κ3) is 4.91. The van der Waals surface area contributed by atoms with Gasteiger partial charge in [-0.05, 0) is 51.0 Å². The van der Waals surface area contributed by atoms with Crippen LogP contribution in [-0.2, 0) is 0 Å². The minimum absolute atomic E-state index is 0.0451. The quantitative estimate of drug-likeness (QED) is 0.169. The van der Waals surface area contributed by atoms with E-state index >= 15 is 0 Å². The average molecular weight is 734 g/mol. The van der Waals surface area contributed by atoms with Gasteiger partial charge in [0.15, 0.2) is 11.6 Å². The zero-order chi connectivity index (χ0) is 37.6. The summed E-state index contributed by atoms with van der Waals surface area (Å²) in [6.45, 7) is 2.30. The number of fused-ring (bicyclic) bond motifs is 11. The molecule has 8 aromatic carbocycles. The van der Waals surface area contributed by atoms with Crippen LogP contribution in [0.15, 0.2) is 174 Å². The van der Waals surface area contributed by atoms with E-state index in [-0.39, 0.29) is 23.9 Å². The molecule has 2 aliphatic rings. The molecule has 0 radical (unpaired) electrons. The van der Waals surface area contributed by atoms with E-state index in [0.717, 1.165) is 77.3 Å². The fourth-order valence-electron chi connectivity index (χ4n) is 9.69. The molecule has 1 aliphatic carbocycles. The molecular formula is C52H35N3O2. The van der Waals surface area contributed by atoms with Gasteiger partial charge in [0, 0.05) is 55.8 Å². The number of furan rings is 1. The second kappa shape index (κ2) is 12.5. The summed E-state index contributed by atoms with van der Waals surface area (Å²) in [7, 11) is 0. The Morgan fingerprint density at radius 3 is 2.04 bits per heavy atom. The Morgan fingerprint density at radius 2 is 1.16 bits per heavy atom. The Labute approximate surface area is 328 Å². The number of para-hydroxylation sites is 2. The largest absolute Gasteiger partial charge is 0.485 e. The third-order valence-corrected chi connectivity index (χ3v) is 12.3.